The summed E-state index contributed by atoms with van der Waals surface area (Å²) in [6.45, 7) is 0.741. The largest absolute Gasteiger partial charge is 0.482 e. The van der Waals surface area contributed by atoms with Gasteiger partial charge in [-0.15, -0.1) is 11.3 Å². The number of rotatable bonds is 3. The number of amides is 1. The quantitative estimate of drug-likeness (QED) is 0.851. The molecule has 0 aliphatic carbocycles. The predicted molar refractivity (Wildman–Crippen MR) is 84.9 cm³/mol. The summed E-state index contributed by atoms with van der Waals surface area (Å²) in [5.41, 5.74) is 1.60. The Morgan fingerprint density at radius 3 is 3.05 bits per heavy atom. The summed E-state index contributed by atoms with van der Waals surface area (Å²) >= 11 is 10.9. The van der Waals surface area contributed by atoms with Crippen LogP contribution in [0, 0.1) is 0 Å². The lowest BCUT2D eigenvalue weighted by atomic mass is 10.2. The van der Waals surface area contributed by atoms with Gasteiger partial charge >= 0.3 is 0 Å². The number of halogens is 2. The van der Waals surface area contributed by atoms with E-state index in [4.69, 9.17) is 16.3 Å². The topological polar surface area (TPSA) is 50.4 Å². The van der Waals surface area contributed by atoms with Crippen molar-refractivity contribution in [1.29, 1.82) is 0 Å². The average Bonchev–Trinajstić information content (AvgIpc) is 2.75. The number of thiophene rings is 1. The Balaban J connectivity index is 1.72. The van der Waals surface area contributed by atoms with Crippen molar-refractivity contribution in [2.75, 3.05) is 17.2 Å². The van der Waals surface area contributed by atoms with Crippen molar-refractivity contribution in [2.24, 2.45) is 0 Å². The third kappa shape index (κ3) is 2.92. The predicted octanol–water partition coefficient (Wildman–Crippen LogP) is 4.11. The lowest BCUT2D eigenvalue weighted by molar-refractivity contribution is -0.118. The number of fused-ring (bicyclic) bond motifs is 1. The van der Waals surface area contributed by atoms with E-state index in [1.807, 2.05) is 24.3 Å². The molecule has 1 aliphatic heterocycles. The zero-order chi connectivity index (χ0) is 14.1. The first-order chi connectivity index (χ1) is 9.61. The maximum absolute atomic E-state index is 11.3. The van der Waals surface area contributed by atoms with E-state index in [2.05, 4.69) is 26.6 Å². The third-order valence-electron chi connectivity index (χ3n) is 2.78. The SMILES string of the molecule is O=C1COc2ccc(NCc3cc(Br)c(Cl)s3)cc2N1. The highest BCUT2D eigenvalue weighted by molar-refractivity contribution is 9.10. The number of hydrogen-bond acceptors (Lipinski definition) is 4. The van der Waals surface area contributed by atoms with Crippen molar-refractivity contribution >= 4 is 56.1 Å². The lowest BCUT2D eigenvalue weighted by Gasteiger charge is -2.18. The monoisotopic (exact) mass is 372 g/mol. The van der Waals surface area contributed by atoms with E-state index in [0.717, 1.165) is 19.4 Å². The molecule has 0 fully saturated rings. The molecule has 0 radical (unpaired) electrons. The molecule has 0 atom stereocenters. The van der Waals surface area contributed by atoms with Crippen LogP contribution in [0.5, 0.6) is 5.75 Å². The van der Waals surface area contributed by atoms with Gasteiger partial charge in [-0.2, -0.15) is 0 Å². The summed E-state index contributed by atoms with van der Waals surface area (Å²) in [6, 6.07) is 7.61. The second-order valence-electron chi connectivity index (χ2n) is 4.24. The van der Waals surface area contributed by atoms with Gasteiger partial charge in [0.05, 0.1) is 5.69 Å². The fourth-order valence-corrected chi connectivity index (χ4v) is 3.59. The Kier molecular flexibility index (Phi) is 3.87. The van der Waals surface area contributed by atoms with Gasteiger partial charge in [-0.3, -0.25) is 4.79 Å². The van der Waals surface area contributed by atoms with E-state index in [0.29, 0.717) is 18.0 Å². The summed E-state index contributed by atoms with van der Waals surface area (Å²) in [5.74, 6) is 0.556. The molecule has 104 valence electrons. The normalized spacial score (nSPS) is 13.4. The first kappa shape index (κ1) is 13.7. The molecule has 0 saturated carbocycles. The summed E-state index contributed by atoms with van der Waals surface area (Å²) < 4.78 is 6.96. The van der Waals surface area contributed by atoms with Crippen molar-refractivity contribution in [3.05, 3.63) is 38.0 Å². The molecule has 3 rings (SSSR count). The van der Waals surface area contributed by atoms with Crippen LogP contribution in [0.2, 0.25) is 4.34 Å². The van der Waals surface area contributed by atoms with Crippen molar-refractivity contribution in [1.82, 2.24) is 0 Å². The lowest BCUT2D eigenvalue weighted by Crippen LogP contribution is -2.25. The van der Waals surface area contributed by atoms with Crippen LogP contribution in [0.15, 0.2) is 28.7 Å². The Morgan fingerprint density at radius 2 is 2.30 bits per heavy atom. The maximum Gasteiger partial charge on any atom is 0.262 e. The molecule has 2 aromatic rings. The van der Waals surface area contributed by atoms with Gasteiger partial charge in [0, 0.05) is 21.6 Å². The Labute approximate surface area is 133 Å². The van der Waals surface area contributed by atoms with Crippen LogP contribution in [-0.4, -0.2) is 12.5 Å². The van der Waals surface area contributed by atoms with E-state index < -0.39 is 0 Å². The van der Waals surface area contributed by atoms with Crippen molar-refractivity contribution in [3.63, 3.8) is 0 Å². The standard InChI is InChI=1S/C13H10BrClN2O2S/c14-9-4-8(20-13(9)15)5-16-7-1-2-11-10(3-7)17-12(18)6-19-11/h1-4,16H,5-6H2,(H,17,18). The van der Waals surface area contributed by atoms with Crippen LogP contribution in [0.3, 0.4) is 0 Å². The molecular weight excluding hydrogens is 364 g/mol. The number of carbonyl (C=O) groups is 1. The van der Waals surface area contributed by atoms with Crippen molar-refractivity contribution in [2.45, 2.75) is 6.54 Å². The summed E-state index contributed by atoms with van der Waals surface area (Å²) in [4.78, 5) is 12.4. The molecule has 0 unspecified atom stereocenters. The number of carbonyl (C=O) groups excluding carboxylic acids is 1. The fraction of sp³-hybridized carbons (Fsp3) is 0.154. The molecule has 1 aromatic heterocycles. The van der Waals surface area contributed by atoms with E-state index >= 15 is 0 Å². The maximum atomic E-state index is 11.3. The minimum Gasteiger partial charge on any atom is -0.482 e. The number of nitrogens with one attached hydrogen (secondary N) is 2. The highest BCUT2D eigenvalue weighted by atomic mass is 79.9. The summed E-state index contributed by atoms with van der Waals surface area (Å²) in [5, 5.41) is 6.07. The molecule has 0 bridgehead atoms. The number of hydrogen-bond donors (Lipinski definition) is 2. The van der Waals surface area contributed by atoms with Gasteiger partial charge < -0.3 is 15.4 Å². The molecule has 4 nitrogen and oxygen atoms in total. The molecule has 0 saturated heterocycles. The molecule has 1 aliphatic rings. The molecule has 20 heavy (non-hydrogen) atoms. The second kappa shape index (κ2) is 5.63. The van der Waals surface area contributed by atoms with Gasteiger partial charge in [0.15, 0.2) is 6.61 Å². The summed E-state index contributed by atoms with van der Waals surface area (Å²) in [6.07, 6.45) is 0. The molecule has 2 heterocycles. The van der Waals surface area contributed by atoms with Crippen LogP contribution in [0.4, 0.5) is 11.4 Å². The van der Waals surface area contributed by atoms with Crippen LogP contribution >= 0.6 is 38.9 Å². The molecule has 2 N–H and O–H groups in total. The van der Waals surface area contributed by atoms with Gasteiger partial charge in [0.1, 0.15) is 10.1 Å². The number of anilines is 2. The molecular formula is C13H10BrClN2O2S. The highest BCUT2D eigenvalue weighted by Gasteiger charge is 2.15. The van der Waals surface area contributed by atoms with E-state index in [1.54, 1.807) is 0 Å². The minimum atomic E-state index is -0.136. The van der Waals surface area contributed by atoms with Gasteiger partial charge in [-0.25, -0.2) is 0 Å². The van der Waals surface area contributed by atoms with E-state index in [1.165, 1.54) is 11.3 Å². The first-order valence-electron chi connectivity index (χ1n) is 5.86. The summed E-state index contributed by atoms with van der Waals surface area (Å²) in [7, 11) is 0. The van der Waals surface area contributed by atoms with Gasteiger partial charge in [0.2, 0.25) is 0 Å². The second-order valence-corrected chi connectivity index (χ2v) is 6.83. The molecule has 1 amide bonds. The Bertz CT molecular complexity index is 655. The Morgan fingerprint density at radius 1 is 1.45 bits per heavy atom. The Hall–Kier alpha value is -1.24. The first-order valence-corrected chi connectivity index (χ1v) is 7.85. The zero-order valence-electron chi connectivity index (χ0n) is 10.2. The van der Waals surface area contributed by atoms with Gasteiger partial charge in [0.25, 0.3) is 5.91 Å². The van der Waals surface area contributed by atoms with Crippen LogP contribution in [-0.2, 0) is 11.3 Å². The smallest absolute Gasteiger partial charge is 0.262 e. The third-order valence-corrected chi connectivity index (χ3v) is 5.25. The van der Waals surface area contributed by atoms with Crippen LogP contribution in [0.25, 0.3) is 0 Å². The van der Waals surface area contributed by atoms with Crippen LogP contribution < -0.4 is 15.4 Å². The van der Waals surface area contributed by atoms with E-state index in [-0.39, 0.29) is 12.5 Å². The zero-order valence-corrected chi connectivity index (χ0v) is 13.4. The highest BCUT2D eigenvalue weighted by Crippen LogP contribution is 2.33. The van der Waals surface area contributed by atoms with Crippen LogP contribution in [0.1, 0.15) is 4.88 Å². The fourth-order valence-electron chi connectivity index (χ4n) is 1.86. The van der Waals surface area contributed by atoms with E-state index in [9.17, 15) is 4.79 Å². The number of ether oxygens (including phenoxy) is 1. The molecule has 7 heteroatoms. The van der Waals surface area contributed by atoms with Crippen molar-refractivity contribution < 1.29 is 9.53 Å². The molecule has 1 aromatic carbocycles. The van der Waals surface area contributed by atoms with Gasteiger partial charge in [-0.1, -0.05) is 11.6 Å². The molecule has 0 spiro atoms. The van der Waals surface area contributed by atoms with Crippen molar-refractivity contribution in [3.8, 4) is 5.75 Å². The number of benzene rings is 1. The minimum absolute atomic E-state index is 0.0709. The van der Waals surface area contributed by atoms with Gasteiger partial charge in [-0.05, 0) is 40.2 Å². The average molecular weight is 374 g/mol.